The summed E-state index contributed by atoms with van der Waals surface area (Å²) in [5, 5.41) is 2.70. The Morgan fingerprint density at radius 2 is 2.31 bits per heavy atom. The third-order valence-corrected chi connectivity index (χ3v) is 3.64. The normalized spacial score (nSPS) is 23.0. The summed E-state index contributed by atoms with van der Waals surface area (Å²) in [6.07, 6.45) is 2.01. The largest absolute Gasteiger partial charge is 0.352 e. The molecule has 1 fully saturated rings. The van der Waals surface area contributed by atoms with E-state index in [0.29, 0.717) is 0 Å². The molecule has 0 aromatic carbocycles. The summed E-state index contributed by atoms with van der Waals surface area (Å²) < 4.78 is 21.5. The maximum absolute atomic E-state index is 11.1. The molecule has 0 radical (unpaired) electrons. The first kappa shape index (κ1) is 10.8. The predicted molar refractivity (Wildman–Crippen MR) is 53.6 cm³/mol. The van der Waals surface area contributed by atoms with Gasteiger partial charge in [-0.1, -0.05) is 0 Å². The number of rotatable bonds is 3. The molecule has 1 aliphatic heterocycles. The highest BCUT2D eigenvalue weighted by Gasteiger charge is 2.19. The second-order valence-corrected chi connectivity index (χ2v) is 6.49. The van der Waals surface area contributed by atoms with E-state index >= 15 is 0 Å². The topological polar surface area (TPSA) is 63.2 Å². The van der Waals surface area contributed by atoms with Crippen molar-refractivity contribution in [2.24, 2.45) is 0 Å². The molecule has 1 aliphatic rings. The minimum absolute atomic E-state index is 0.166. The van der Waals surface area contributed by atoms with Crippen LogP contribution in [0.15, 0.2) is 0 Å². The van der Waals surface area contributed by atoms with Gasteiger partial charge in [-0.15, -0.1) is 0 Å². The minimum Gasteiger partial charge on any atom is -0.352 e. The van der Waals surface area contributed by atoms with Crippen LogP contribution in [0.5, 0.6) is 0 Å². The highest BCUT2D eigenvalue weighted by Crippen LogP contribution is 2.16. The maximum atomic E-state index is 11.1. The van der Waals surface area contributed by atoms with Gasteiger partial charge in [-0.3, -0.25) is 4.79 Å². The van der Waals surface area contributed by atoms with Gasteiger partial charge < -0.3 is 5.32 Å². The van der Waals surface area contributed by atoms with E-state index in [2.05, 4.69) is 5.32 Å². The van der Waals surface area contributed by atoms with Crippen molar-refractivity contribution < 1.29 is 13.2 Å². The molecule has 1 saturated heterocycles. The lowest BCUT2D eigenvalue weighted by atomic mass is 10.3. The molecule has 76 valence electrons. The molecular formula is C7H13NO3S2. The predicted octanol–water partition coefficient (Wildman–Crippen LogP) is -0.347. The van der Waals surface area contributed by atoms with Crippen LogP contribution in [-0.4, -0.2) is 43.9 Å². The van der Waals surface area contributed by atoms with Gasteiger partial charge in [0.1, 0.15) is 5.75 Å². The Morgan fingerprint density at radius 1 is 1.62 bits per heavy atom. The lowest BCUT2D eigenvalue weighted by Gasteiger charge is -2.09. The van der Waals surface area contributed by atoms with Crippen molar-refractivity contribution in [3.8, 4) is 0 Å². The first-order chi connectivity index (χ1) is 5.97. The van der Waals surface area contributed by atoms with Crippen molar-refractivity contribution in [2.45, 2.75) is 12.5 Å². The van der Waals surface area contributed by atoms with Gasteiger partial charge in [0.05, 0.1) is 0 Å². The van der Waals surface area contributed by atoms with Crippen LogP contribution in [0.2, 0.25) is 0 Å². The molecule has 0 bridgehead atoms. The van der Waals surface area contributed by atoms with Crippen molar-refractivity contribution in [3.05, 3.63) is 0 Å². The summed E-state index contributed by atoms with van der Waals surface area (Å²) in [7, 11) is -3.18. The van der Waals surface area contributed by atoms with Crippen molar-refractivity contribution in [2.75, 3.05) is 23.5 Å². The van der Waals surface area contributed by atoms with E-state index in [1.54, 1.807) is 11.8 Å². The van der Waals surface area contributed by atoms with E-state index in [1.165, 1.54) is 0 Å². The van der Waals surface area contributed by atoms with Gasteiger partial charge >= 0.3 is 0 Å². The zero-order chi connectivity index (χ0) is 9.90. The van der Waals surface area contributed by atoms with Crippen LogP contribution in [0, 0.1) is 0 Å². The first-order valence-electron chi connectivity index (χ1n) is 4.02. The van der Waals surface area contributed by atoms with E-state index in [1.807, 2.05) is 0 Å². The highest BCUT2D eigenvalue weighted by atomic mass is 32.2. The summed E-state index contributed by atoms with van der Waals surface area (Å²) in [6, 6.07) is 0.166. The molecule has 0 aromatic rings. The van der Waals surface area contributed by atoms with Gasteiger partial charge in [0.25, 0.3) is 0 Å². The highest BCUT2D eigenvalue weighted by molar-refractivity contribution is 7.99. The first-order valence-corrected chi connectivity index (χ1v) is 7.24. The number of carbonyl (C=O) groups is 1. The van der Waals surface area contributed by atoms with Gasteiger partial charge in [0.2, 0.25) is 5.91 Å². The number of thioether (sulfide) groups is 1. The zero-order valence-electron chi connectivity index (χ0n) is 7.45. The average Bonchev–Trinajstić information content (AvgIpc) is 2.34. The third kappa shape index (κ3) is 4.52. The van der Waals surface area contributed by atoms with E-state index < -0.39 is 15.6 Å². The maximum Gasteiger partial charge on any atom is 0.235 e. The van der Waals surface area contributed by atoms with Crippen LogP contribution in [0.4, 0.5) is 0 Å². The molecule has 1 amide bonds. The zero-order valence-corrected chi connectivity index (χ0v) is 9.08. The standard InChI is InChI=1S/C7H13NO3S2/c1-13(10,11)5-7(9)8-6-2-3-12-4-6/h6H,2-5H2,1H3,(H,8,9). The minimum atomic E-state index is -3.18. The van der Waals surface area contributed by atoms with E-state index in [0.717, 1.165) is 24.2 Å². The monoisotopic (exact) mass is 223 g/mol. The summed E-state index contributed by atoms with van der Waals surface area (Å²) in [5.41, 5.74) is 0. The van der Waals surface area contributed by atoms with E-state index in [9.17, 15) is 13.2 Å². The Hall–Kier alpha value is -0.230. The van der Waals surface area contributed by atoms with Crippen LogP contribution in [-0.2, 0) is 14.6 Å². The second kappa shape index (κ2) is 4.32. The molecule has 0 aromatic heterocycles. The van der Waals surface area contributed by atoms with Gasteiger partial charge in [-0.05, 0) is 12.2 Å². The van der Waals surface area contributed by atoms with Crippen LogP contribution in [0.3, 0.4) is 0 Å². The molecule has 1 N–H and O–H groups in total. The Labute approximate surface area is 82.4 Å². The van der Waals surface area contributed by atoms with Gasteiger partial charge in [0.15, 0.2) is 9.84 Å². The van der Waals surface area contributed by atoms with Crippen LogP contribution in [0.1, 0.15) is 6.42 Å². The fourth-order valence-electron chi connectivity index (χ4n) is 1.16. The number of carbonyl (C=O) groups excluding carboxylic acids is 1. The molecule has 1 rings (SSSR count). The molecule has 0 saturated carbocycles. The molecular weight excluding hydrogens is 210 g/mol. The quantitative estimate of drug-likeness (QED) is 0.710. The number of hydrogen-bond donors (Lipinski definition) is 1. The number of nitrogens with one attached hydrogen (secondary N) is 1. The summed E-state index contributed by atoms with van der Waals surface area (Å²) in [4.78, 5) is 11.1. The molecule has 4 nitrogen and oxygen atoms in total. The molecule has 1 atom stereocenters. The van der Waals surface area contributed by atoms with Gasteiger partial charge in [-0.25, -0.2) is 8.42 Å². The molecule has 0 spiro atoms. The molecule has 1 unspecified atom stereocenters. The molecule has 0 aliphatic carbocycles. The van der Waals surface area contributed by atoms with Crippen LogP contribution in [0.25, 0.3) is 0 Å². The van der Waals surface area contributed by atoms with E-state index in [4.69, 9.17) is 0 Å². The molecule has 6 heteroatoms. The summed E-state index contributed by atoms with van der Waals surface area (Å²) in [6.45, 7) is 0. The number of sulfone groups is 1. The Balaban J connectivity index is 2.33. The Morgan fingerprint density at radius 3 is 2.77 bits per heavy atom. The van der Waals surface area contributed by atoms with Crippen LogP contribution < -0.4 is 5.32 Å². The second-order valence-electron chi connectivity index (χ2n) is 3.20. The smallest absolute Gasteiger partial charge is 0.235 e. The van der Waals surface area contributed by atoms with Crippen molar-refractivity contribution in [1.82, 2.24) is 5.32 Å². The Bertz CT molecular complexity index is 280. The van der Waals surface area contributed by atoms with E-state index in [-0.39, 0.29) is 11.9 Å². The fourth-order valence-corrected chi connectivity index (χ4v) is 2.87. The molecule has 13 heavy (non-hydrogen) atoms. The van der Waals surface area contributed by atoms with Gasteiger partial charge in [0, 0.05) is 18.1 Å². The lowest BCUT2D eigenvalue weighted by molar-refractivity contribution is -0.119. The summed E-state index contributed by atoms with van der Waals surface area (Å²) in [5.74, 6) is 1.17. The fraction of sp³-hybridized carbons (Fsp3) is 0.857. The lowest BCUT2D eigenvalue weighted by Crippen LogP contribution is -2.38. The number of amides is 1. The number of hydrogen-bond acceptors (Lipinski definition) is 4. The van der Waals surface area contributed by atoms with Gasteiger partial charge in [-0.2, -0.15) is 11.8 Å². The Kier molecular flexibility index (Phi) is 3.61. The van der Waals surface area contributed by atoms with Crippen molar-refractivity contribution in [1.29, 1.82) is 0 Å². The SMILES string of the molecule is CS(=O)(=O)CC(=O)NC1CCSC1. The third-order valence-electron chi connectivity index (χ3n) is 1.69. The van der Waals surface area contributed by atoms with Crippen LogP contribution >= 0.6 is 11.8 Å². The molecule has 1 heterocycles. The average molecular weight is 223 g/mol. The van der Waals surface area contributed by atoms with Crippen molar-refractivity contribution >= 4 is 27.5 Å². The van der Waals surface area contributed by atoms with Crippen molar-refractivity contribution in [3.63, 3.8) is 0 Å². The summed E-state index contributed by atoms with van der Waals surface area (Å²) >= 11 is 1.78.